The monoisotopic (exact) mass is 550 g/mol. The molecule has 0 fully saturated rings. The second-order valence-electron chi connectivity index (χ2n) is 5.91. The Balaban J connectivity index is 0.00000364. The van der Waals surface area contributed by atoms with Gasteiger partial charge in [-0.2, -0.15) is 0 Å². The number of aryl methyl sites for hydroxylation is 1. The molecule has 0 radical (unpaired) electrons. The molecule has 0 saturated heterocycles. The Kier molecular flexibility index (Phi) is 12.1. The molecule has 0 aliphatic carbocycles. The molecule has 0 saturated carbocycles. The maximum atomic E-state index is 5.93. The average Bonchev–Trinajstić information content (AvgIpc) is 3.15. The molecular formula is C18H28BrIN6O. The number of benzene rings is 1. The number of nitrogens with one attached hydrogen (secondary N) is 2. The molecule has 2 rings (SSSR count). The van der Waals surface area contributed by atoms with Crippen molar-refractivity contribution in [1.29, 1.82) is 0 Å². The molecule has 150 valence electrons. The van der Waals surface area contributed by atoms with Gasteiger partial charge in [-0.3, -0.25) is 0 Å². The highest BCUT2D eigenvalue weighted by Crippen LogP contribution is 2.24. The lowest BCUT2D eigenvalue weighted by Crippen LogP contribution is -2.38. The van der Waals surface area contributed by atoms with Crippen molar-refractivity contribution < 1.29 is 4.74 Å². The lowest BCUT2D eigenvalue weighted by atomic mass is 10.3. The fraction of sp³-hybridized carbons (Fsp3) is 0.500. The molecule has 27 heavy (non-hydrogen) atoms. The Morgan fingerprint density at radius 2 is 1.96 bits per heavy atom. The van der Waals surface area contributed by atoms with Crippen LogP contribution in [0.5, 0.6) is 5.75 Å². The lowest BCUT2D eigenvalue weighted by Gasteiger charge is -2.16. The second kappa shape index (κ2) is 13.8. The molecule has 2 N–H and O–H groups in total. The minimum atomic E-state index is -0.0158. The van der Waals surface area contributed by atoms with Gasteiger partial charge in [-0.25, -0.2) is 4.99 Å². The Morgan fingerprint density at radius 3 is 2.67 bits per heavy atom. The van der Waals surface area contributed by atoms with Crippen LogP contribution in [0.2, 0.25) is 0 Å². The van der Waals surface area contributed by atoms with Crippen LogP contribution in [-0.4, -0.2) is 46.5 Å². The predicted octanol–water partition coefficient (Wildman–Crippen LogP) is 3.46. The number of rotatable bonds is 10. The number of aromatic nitrogens is 3. The van der Waals surface area contributed by atoms with Gasteiger partial charge in [0.15, 0.2) is 5.96 Å². The van der Waals surface area contributed by atoms with E-state index >= 15 is 0 Å². The fourth-order valence-corrected chi connectivity index (χ4v) is 2.70. The molecule has 0 spiro atoms. The number of unbranched alkanes of at least 4 members (excludes halogenated alkanes) is 1. The van der Waals surface area contributed by atoms with E-state index in [1.165, 1.54) is 0 Å². The zero-order valence-electron chi connectivity index (χ0n) is 15.8. The molecule has 0 bridgehead atoms. The molecule has 9 heteroatoms. The normalized spacial score (nSPS) is 12.2. The standard InChI is InChI=1S/C18H27BrN6O.HI/c1-3-20-18(21-10-6-7-11-25-13-23-24-14-25)22-12-15(2)26-17-9-5-4-8-16(17)19;/h4-5,8-9,13-15H,3,6-7,10-12H2,1-2H3,(H2,20,21,22);1H. The maximum absolute atomic E-state index is 5.93. The second-order valence-corrected chi connectivity index (χ2v) is 6.77. The van der Waals surface area contributed by atoms with Crippen molar-refractivity contribution in [2.45, 2.75) is 39.3 Å². The topological polar surface area (TPSA) is 76.4 Å². The first kappa shape index (κ1) is 23.7. The van der Waals surface area contributed by atoms with Gasteiger partial charge in [0.25, 0.3) is 0 Å². The first-order valence-electron chi connectivity index (χ1n) is 8.94. The fourth-order valence-electron chi connectivity index (χ4n) is 2.32. The number of guanidine groups is 1. The molecule has 1 aromatic heterocycles. The van der Waals surface area contributed by atoms with E-state index in [4.69, 9.17) is 4.74 Å². The van der Waals surface area contributed by atoms with Crippen molar-refractivity contribution in [3.8, 4) is 5.75 Å². The Labute approximate surface area is 186 Å². The van der Waals surface area contributed by atoms with Gasteiger partial charge in [0.2, 0.25) is 0 Å². The molecule has 0 aliphatic rings. The SMILES string of the molecule is CCNC(=NCC(C)Oc1ccccc1Br)NCCCCn1cnnc1.I. The van der Waals surface area contributed by atoms with Crippen LogP contribution in [0.25, 0.3) is 0 Å². The van der Waals surface area contributed by atoms with E-state index in [1.807, 2.05) is 35.8 Å². The summed E-state index contributed by atoms with van der Waals surface area (Å²) in [5.41, 5.74) is 0. The zero-order chi connectivity index (χ0) is 18.6. The van der Waals surface area contributed by atoms with Crippen molar-refractivity contribution in [2.75, 3.05) is 19.6 Å². The molecule has 1 aromatic carbocycles. The highest BCUT2D eigenvalue weighted by molar-refractivity contribution is 14.0. The van der Waals surface area contributed by atoms with Crippen molar-refractivity contribution in [2.24, 2.45) is 4.99 Å². The van der Waals surface area contributed by atoms with Gasteiger partial charge in [-0.05, 0) is 54.8 Å². The third-order valence-corrected chi connectivity index (χ3v) is 4.27. The van der Waals surface area contributed by atoms with E-state index in [0.29, 0.717) is 6.54 Å². The molecule has 2 aromatic rings. The van der Waals surface area contributed by atoms with Gasteiger partial charge < -0.3 is 19.9 Å². The average molecular weight is 551 g/mol. The number of hydrogen-bond donors (Lipinski definition) is 2. The van der Waals surface area contributed by atoms with Gasteiger partial charge >= 0.3 is 0 Å². The molecule has 1 atom stereocenters. The minimum Gasteiger partial charge on any atom is -0.488 e. The van der Waals surface area contributed by atoms with Crippen LogP contribution in [0.15, 0.2) is 46.4 Å². The van der Waals surface area contributed by atoms with E-state index in [9.17, 15) is 0 Å². The van der Waals surface area contributed by atoms with E-state index in [-0.39, 0.29) is 30.1 Å². The zero-order valence-corrected chi connectivity index (χ0v) is 19.7. The van der Waals surface area contributed by atoms with Crippen LogP contribution in [-0.2, 0) is 6.54 Å². The van der Waals surface area contributed by atoms with Gasteiger partial charge in [-0.1, -0.05) is 12.1 Å². The van der Waals surface area contributed by atoms with E-state index in [1.54, 1.807) is 12.7 Å². The van der Waals surface area contributed by atoms with Crippen molar-refractivity contribution in [3.63, 3.8) is 0 Å². The molecule has 1 heterocycles. The maximum Gasteiger partial charge on any atom is 0.191 e. The molecular weight excluding hydrogens is 523 g/mol. The smallest absolute Gasteiger partial charge is 0.191 e. The summed E-state index contributed by atoms with van der Waals surface area (Å²) in [7, 11) is 0. The van der Waals surface area contributed by atoms with Gasteiger partial charge in [0.05, 0.1) is 11.0 Å². The number of aliphatic imine (C=N–C) groups is 1. The van der Waals surface area contributed by atoms with E-state index < -0.39 is 0 Å². The quantitative estimate of drug-likeness (QED) is 0.205. The lowest BCUT2D eigenvalue weighted by molar-refractivity contribution is 0.228. The van der Waals surface area contributed by atoms with Crippen LogP contribution in [0, 0.1) is 0 Å². The van der Waals surface area contributed by atoms with E-state index in [2.05, 4.69) is 48.7 Å². The molecule has 1 unspecified atom stereocenters. The van der Waals surface area contributed by atoms with Gasteiger partial charge in [-0.15, -0.1) is 34.2 Å². The van der Waals surface area contributed by atoms with Crippen molar-refractivity contribution in [1.82, 2.24) is 25.4 Å². The minimum absolute atomic E-state index is 0. The number of nitrogens with zero attached hydrogens (tertiary/aromatic N) is 4. The van der Waals surface area contributed by atoms with Crippen LogP contribution in [0.3, 0.4) is 0 Å². The summed E-state index contributed by atoms with van der Waals surface area (Å²) in [6, 6.07) is 7.85. The first-order valence-corrected chi connectivity index (χ1v) is 9.74. The third kappa shape index (κ3) is 9.41. The largest absolute Gasteiger partial charge is 0.488 e. The predicted molar refractivity (Wildman–Crippen MR) is 123 cm³/mol. The Bertz CT molecular complexity index is 668. The van der Waals surface area contributed by atoms with Crippen LogP contribution < -0.4 is 15.4 Å². The van der Waals surface area contributed by atoms with Gasteiger partial charge in [0, 0.05) is 19.6 Å². The highest BCUT2D eigenvalue weighted by atomic mass is 127. The summed E-state index contributed by atoms with van der Waals surface area (Å²) in [6.45, 7) is 7.28. The Hall–Kier alpha value is -1.36. The van der Waals surface area contributed by atoms with Crippen molar-refractivity contribution >= 4 is 45.9 Å². The first-order chi connectivity index (χ1) is 12.7. The number of ether oxygens (including phenoxy) is 1. The Morgan fingerprint density at radius 1 is 1.22 bits per heavy atom. The summed E-state index contributed by atoms with van der Waals surface area (Å²) in [4.78, 5) is 4.62. The summed E-state index contributed by atoms with van der Waals surface area (Å²) in [6.07, 6.45) is 5.58. The third-order valence-electron chi connectivity index (χ3n) is 3.62. The number of hydrogen-bond acceptors (Lipinski definition) is 4. The number of halogens is 2. The van der Waals surface area contributed by atoms with Crippen LogP contribution in [0.4, 0.5) is 0 Å². The van der Waals surface area contributed by atoms with Crippen molar-refractivity contribution in [3.05, 3.63) is 41.4 Å². The van der Waals surface area contributed by atoms with Crippen LogP contribution in [0.1, 0.15) is 26.7 Å². The summed E-state index contributed by atoms with van der Waals surface area (Å²) in [5, 5.41) is 14.2. The van der Waals surface area contributed by atoms with E-state index in [0.717, 1.165) is 48.7 Å². The number of para-hydroxylation sites is 1. The summed E-state index contributed by atoms with van der Waals surface area (Å²) >= 11 is 3.50. The summed E-state index contributed by atoms with van der Waals surface area (Å²) in [5.74, 6) is 1.65. The molecule has 7 nitrogen and oxygen atoms in total. The molecule has 0 aliphatic heterocycles. The van der Waals surface area contributed by atoms with Gasteiger partial charge in [0.1, 0.15) is 24.5 Å². The highest BCUT2D eigenvalue weighted by Gasteiger charge is 2.07. The molecule has 0 amide bonds. The van der Waals surface area contributed by atoms with Crippen LogP contribution >= 0.6 is 39.9 Å². The summed E-state index contributed by atoms with van der Waals surface area (Å²) < 4.78 is 8.87.